The summed E-state index contributed by atoms with van der Waals surface area (Å²) < 4.78 is 0.679. The number of carbonyl (C=O) groups excluding carboxylic acids is 1. The maximum atomic E-state index is 10.6. The summed E-state index contributed by atoms with van der Waals surface area (Å²) in [5.74, 6) is 0. The van der Waals surface area contributed by atoms with Crippen LogP contribution >= 0.6 is 0 Å². The first-order chi connectivity index (χ1) is 5.24. The molecule has 0 atom stereocenters. The van der Waals surface area contributed by atoms with Crippen LogP contribution in [0.1, 0.15) is 0 Å². The number of aromatic nitrogens is 3. The Balaban J connectivity index is 2.72. The lowest BCUT2D eigenvalue weighted by Gasteiger charge is -1.98. The van der Waals surface area contributed by atoms with Gasteiger partial charge in [-0.25, -0.2) is 14.7 Å². The quantitative estimate of drug-likeness (QED) is 0.512. The standard InChI is InChI=1S/C4H6N4O3/c1-5-4(10)11-8-2-6-7-3(8)9/h2H,1H3,(H,5,10)(H,7,9). The molecule has 7 nitrogen and oxygen atoms in total. The van der Waals surface area contributed by atoms with Crippen LogP contribution in [-0.2, 0) is 0 Å². The molecule has 0 saturated carbocycles. The summed E-state index contributed by atoms with van der Waals surface area (Å²) in [5.41, 5.74) is -0.603. The Labute approximate surface area is 60.9 Å². The molecule has 0 aliphatic heterocycles. The van der Waals surface area contributed by atoms with Gasteiger partial charge in [-0.1, -0.05) is 0 Å². The van der Waals surface area contributed by atoms with Crippen molar-refractivity contribution in [2.45, 2.75) is 0 Å². The first kappa shape index (κ1) is 7.32. The molecular formula is C4H6N4O3. The van der Waals surface area contributed by atoms with Gasteiger partial charge in [-0.15, -0.1) is 4.73 Å². The van der Waals surface area contributed by atoms with Gasteiger partial charge in [0.05, 0.1) is 0 Å². The van der Waals surface area contributed by atoms with Gasteiger partial charge in [-0.2, -0.15) is 5.10 Å². The lowest BCUT2D eigenvalue weighted by atomic mass is 11.1. The molecule has 0 unspecified atom stereocenters. The zero-order valence-electron chi connectivity index (χ0n) is 5.70. The van der Waals surface area contributed by atoms with E-state index >= 15 is 0 Å². The Bertz CT molecular complexity index is 300. The largest absolute Gasteiger partial charge is 0.431 e. The Morgan fingerprint density at radius 1 is 1.91 bits per heavy atom. The Hall–Kier alpha value is -1.79. The zero-order chi connectivity index (χ0) is 8.27. The molecule has 11 heavy (non-hydrogen) atoms. The van der Waals surface area contributed by atoms with E-state index in [0.29, 0.717) is 4.73 Å². The van der Waals surface area contributed by atoms with Gasteiger partial charge >= 0.3 is 11.8 Å². The highest BCUT2D eigenvalue weighted by molar-refractivity contribution is 5.66. The number of rotatable bonds is 1. The number of hydrogen-bond donors (Lipinski definition) is 2. The minimum absolute atomic E-state index is 0.603. The van der Waals surface area contributed by atoms with Crippen molar-refractivity contribution in [3.63, 3.8) is 0 Å². The molecule has 1 rings (SSSR count). The molecule has 1 heterocycles. The van der Waals surface area contributed by atoms with E-state index in [9.17, 15) is 9.59 Å². The van der Waals surface area contributed by atoms with Crippen LogP contribution in [0.15, 0.2) is 11.1 Å². The lowest BCUT2D eigenvalue weighted by Crippen LogP contribution is -2.34. The number of amides is 1. The molecule has 0 fully saturated rings. The highest BCUT2D eigenvalue weighted by Crippen LogP contribution is 1.69. The van der Waals surface area contributed by atoms with Gasteiger partial charge < -0.3 is 10.2 Å². The van der Waals surface area contributed by atoms with E-state index < -0.39 is 11.8 Å². The Kier molecular flexibility index (Phi) is 1.90. The molecule has 1 aromatic heterocycles. The van der Waals surface area contributed by atoms with Crippen LogP contribution in [-0.4, -0.2) is 28.1 Å². The maximum Gasteiger partial charge on any atom is 0.431 e. The summed E-state index contributed by atoms with van der Waals surface area (Å²) in [6.07, 6.45) is 0.325. The number of hydrogen-bond acceptors (Lipinski definition) is 4. The third-order valence-electron chi connectivity index (χ3n) is 0.908. The summed E-state index contributed by atoms with van der Waals surface area (Å²) in [6, 6.07) is 0. The molecule has 0 aromatic carbocycles. The number of carbonyl (C=O) groups is 1. The van der Waals surface area contributed by atoms with E-state index in [2.05, 4.69) is 20.4 Å². The van der Waals surface area contributed by atoms with Gasteiger partial charge in [-0.3, -0.25) is 0 Å². The van der Waals surface area contributed by atoms with Crippen LogP contribution in [0, 0.1) is 0 Å². The van der Waals surface area contributed by atoms with Gasteiger partial charge in [-0.05, 0) is 0 Å². The van der Waals surface area contributed by atoms with Gasteiger partial charge in [0.1, 0.15) is 0 Å². The van der Waals surface area contributed by atoms with Crippen LogP contribution in [0.4, 0.5) is 4.79 Å². The van der Waals surface area contributed by atoms with Crippen molar-refractivity contribution in [1.82, 2.24) is 20.2 Å². The maximum absolute atomic E-state index is 10.6. The molecule has 7 heteroatoms. The van der Waals surface area contributed by atoms with Crippen LogP contribution in [0.2, 0.25) is 0 Å². The van der Waals surface area contributed by atoms with Crippen molar-refractivity contribution in [3.8, 4) is 0 Å². The van der Waals surface area contributed by atoms with Crippen molar-refractivity contribution in [2.75, 3.05) is 7.05 Å². The molecule has 0 bridgehead atoms. The minimum Gasteiger partial charge on any atom is -0.323 e. The van der Waals surface area contributed by atoms with Crippen molar-refractivity contribution in [3.05, 3.63) is 16.8 Å². The van der Waals surface area contributed by atoms with Crippen molar-refractivity contribution in [2.24, 2.45) is 0 Å². The number of H-pyrrole nitrogens is 1. The van der Waals surface area contributed by atoms with E-state index in [1.807, 2.05) is 0 Å². The van der Waals surface area contributed by atoms with Crippen LogP contribution in [0.25, 0.3) is 0 Å². The van der Waals surface area contributed by atoms with Crippen molar-refractivity contribution < 1.29 is 9.63 Å². The fourth-order valence-electron chi connectivity index (χ4n) is 0.438. The second kappa shape index (κ2) is 2.86. The fourth-order valence-corrected chi connectivity index (χ4v) is 0.438. The van der Waals surface area contributed by atoms with Crippen molar-refractivity contribution in [1.29, 1.82) is 0 Å². The zero-order valence-corrected chi connectivity index (χ0v) is 5.70. The molecule has 0 aliphatic carbocycles. The van der Waals surface area contributed by atoms with E-state index in [1.165, 1.54) is 7.05 Å². The second-order valence-corrected chi connectivity index (χ2v) is 1.62. The molecule has 0 spiro atoms. The van der Waals surface area contributed by atoms with Crippen LogP contribution in [0.3, 0.4) is 0 Å². The summed E-state index contributed by atoms with van der Waals surface area (Å²) in [7, 11) is 1.38. The molecular weight excluding hydrogens is 152 g/mol. The minimum atomic E-state index is -0.728. The first-order valence-corrected chi connectivity index (χ1v) is 2.76. The molecule has 1 amide bonds. The summed E-state index contributed by atoms with van der Waals surface area (Å²) in [6.45, 7) is 0. The number of aromatic amines is 1. The first-order valence-electron chi connectivity index (χ1n) is 2.76. The highest BCUT2D eigenvalue weighted by Gasteiger charge is 2.02. The Morgan fingerprint density at radius 3 is 3.09 bits per heavy atom. The summed E-state index contributed by atoms with van der Waals surface area (Å²) in [5, 5.41) is 7.55. The fraction of sp³-hybridized carbons (Fsp3) is 0.250. The van der Waals surface area contributed by atoms with E-state index in [1.54, 1.807) is 0 Å². The molecule has 1 aromatic rings. The molecule has 0 aliphatic rings. The third-order valence-corrected chi connectivity index (χ3v) is 0.908. The highest BCUT2D eigenvalue weighted by atomic mass is 16.7. The topological polar surface area (TPSA) is 89.0 Å². The number of nitrogens with zero attached hydrogens (tertiary/aromatic N) is 2. The predicted molar refractivity (Wildman–Crippen MR) is 33.9 cm³/mol. The SMILES string of the molecule is CNC(=O)On1cn[nH]c1=O. The summed E-state index contributed by atoms with van der Waals surface area (Å²) >= 11 is 0. The molecule has 0 radical (unpaired) electrons. The normalized spacial score (nSPS) is 9.18. The van der Waals surface area contributed by atoms with E-state index in [4.69, 9.17) is 0 Å². The average Bonchev–Trinajstić information content (AvgIpc) is 2.37. The van der Waals surface area contributed by atoms with Gasteiger partial charge in [0.15, 0.2) is 6.33 Å². The van der Waals surface area contributed by atoms with Crippen LogP contribution < -0.4 is 15.8 Å². The smallest absolute Gasteiger partial charge is 0.323 e. The monoisotopic (exact) mass is 158 g/mol. The second-order valence-electron chi connectivity index (χ2n) is 1.62. The van der Waals surface area contributed by atoms with Crippen LogP contribution in [0.5, 0.6) is 0 Å². The Morgan fingerprint density at radius 2 is 2.64 bits per heavy atom. The lowest BCUT2D eigenvalue weighted by molar-refractivity contribution is 0.130. The molecule has 0 saturated heterocycles. The predicted octanol–water partition coefficient (Wildman–Crippen LogP) is -1.66. The van der Waals surface area contributed by atoms with E-state index in [0.717, 1.165) is 6.33 Å². The van der Waals surface area contributed by atoms with Gasteiger partial charge in [0.2, 0.25) is 0 Å². The van der Waals surface area contributed by atoms with Gasteiger partial charge in [0.25, 0.3) is 0 Å². The third kappa shape index (κ3) is 1.57. The molecule has 60 valence electrons. The van der Waals surface area contributed by atoms with Crippen molar-refractivity contribution >= 4 is 6.09 Å². The number of nitrogens with one attached hydrogen (secondary N) is 2. The van der Waals surface area contributed by atoms with E-state index in [-0.39, 0.29) is 0 Å². The summed E-state index contributed by atoms with van der Waals surface area (Å²) in [4.78, 5) is 25.5. The average molecular weight is 158 g/mol. The van der Waals surface area contributed by atoms with Gasteiger partial charge in [0, 0.05) is 7.05 Å². The molecule has 2 N–H and O–H groups in total.